The molecule has 1 aromatic carbocycles. The van der Waals surface area contributed by atoms with Gasteiger partial charge in [-0.2, -0.15) is 5.10 Å². The number of rotatable bonds is 5. The summed E-state index contributed by atoms with van der Waals surface area (Å²) >= 11 is 3.51. The number of aromatic carboxylic acids is 1. The maximum absolute atomic E-state index is 11.1. The molecular formula is C16H17BrN2O4. The number of hydrogen-bond acceptors (Lipinski definition) is 4. The number of carboxylic acid groups (broad SMARTS) is 1. The molecule has 1 aliphatic rings. The summed E-state index contributed by atoms with van der Waals surface area (Å²) in [4.78, 5) is 11.1. The van der Waals surface area contributed by atoms with Gasteiger partial charge in [-0.15, -0.1) is 0 Å². The Morgan fingerprint density at radius 1 is 1.39 bits per heavy atom. The average molecular weight is 381 g/mol. The van der Waals surface area contributed by atoms with Crippen LogP contribution in [-0.4, -0.2) is 34.5 Å². The van der Waals surface area contributed by atoms with E-state index in [2.05, 4.69) is 26.1 Å². The molecule has 6 nitrogen and oxygen atoms in total. The van der Waals surface area contributed by atoms with E-state index in [1.807, 2.05) is 12.1 Å². The molecule has 3 rings (SSSR count). The number of nitrogens with zero attached hydrogens (tertiary/aromatic N) is 1. The topological polar surface area (TPSA) is 84.4 Å². The third-order valence-corrected chi connectivity index (χ3v) is 4.60. The molecule has 0 unspecified atom stereocenters. The highest BCUT2D eigenvalue weighted by Crippen LogP contribution is 2.44. The molecule has 1 aliphatic carbocycles. The fraction of sp³-hybridized carbons (Fsp3) is 0.375. The molecular weight excluding hydrogens is 364 g/mol. The largest absolute Gasteiger partial charge is 0.493 e. The van der Waals surface area contributed by atoms with E-state index in [9.17, 15) is 4.79 Å². The van der Waals surface area contributed by atoms with Crippen LogP contribution >= 0.6 is 15.9 Å². The molecule has 2 aromatic rings. The predicted octanol–water partition coefficient (Wildman–Crippen LogP) is 3.87. The lowest BCUT2D eigenvalue weighted by molar-refractivity contribution is 0.0690. The van der Waals surface area contributed by atoms with Gasteiger partial charge < -0.3 is 14.6 Å². The Balaban J connectivity index is 2.07. The summed E-state index contributed by atoms with van der Waals surface area (Å²) in [5, 5.41) is 15.7. The van der Waals surface area contributed by atoms with Crippen LogP contribution in [0.4, 0.5) is 0 Å². The van der Waals surface area contributed by atoms with Gasteiger partial charge in [0, 0.05) is 4.47 Å². The lowest BCUT2D eigenvalue weighted by Gasteiger charge is -2.19. The Kier molecular flexibility index (Phi) is 4.56. The second-order valence-electron chi connectivity index (χ2n) is 5.45. The van der Waals surface area contributed by atoms with Gasteiger partial charge >= 0.3 is 5.97 Å². The first kappa shape index (κ1) is 15.9. The molecule has 0 radical (unpaired) electrons. The molecule has 0 aliphatic heterocycles. The lowest BCUT2D eigenvalue weighted by Crippen LogP contribution is -2.12. The molecule has 23 heavy (non-hydrogen) atoms. The van der Waals surface area contributed by atoms with Gasteiger partial charge in [0.1, 0.15) is 5.69 Å². The second-order valence-corrected chi connectivity index (χ2v) is 6.30. The number of aromatic nitrogens is 2. The van der Waals surface area contributed by atoms with Crippen molar-refractivity contribution in [2.24, 2.45) is 0 Å². The van der Waals surface area contributed by atoms with E-state index in [0.717, 1.165) is 30.2 Å². The van der Waals surface area contributed by atoms with E-state index in [0.29, 0.717) is 22.8 Å². The first-order chi connectivity index (χ1) is 11.1. The zero-order chi connectivity index (χ0) is 16.4. The average Bonchev–Trinajstić information content (AvgIpc) is 3.19. The Bertz CT molecular complexity index is 723. The highest BCUT2D eigenvalue weighted by atomic mass is 79.9. The highest BCUT2D eigenvalue weighted by molar-refractivity contribution is 9.10. The maximum Gasteiger partial charge on any atom is 0.353 e. The van der Waals surface area contributed by atoms with E-state index >= 15 is 0 Å². The van der Waals surface area contributed by atoms with Crippen molar-refractivity contribution >= 4 is 21.9 Å². The number of ether oxygens (including phenoxy) is 2. The van der Waals surface area contributed by atoms with Crippen molar-refractivity contribution in [2.75, 3.05) is 7.11 Å². The van der Waals surface area contributed by atoms with Gasteiger partial charge in [0.05, 0.1) is 24.5 Å². The molecule has 2 N–H and O–H groups in total. The van der Waals surface area contributed by atoms with Crippen LogP contribution in [-0.2, 0) is 0 Å². The Morgan fingerprint density at radius 3 is 2.74 bits per heavy atom. The number of methoxy groups -OCH3 is 1. The van der Waals surface area contributed by atoms with E-state index in [1.165, 1.54) is 6.07 Å². The lowest BCUT2D eigenvalue weighted by atomic mass is 10.1. The highest BCUT2D eigenvalue weighted by Gasteiger charge is 2.24. The summed E-state index contributed by atoms with van der Waals surface area (Å²) in [7, 11) is 1.59. The first-order valence-electron chi connectivity index (χ1n) is 7.42. The molecule has 0 saturated heterocycles. The zero-order valence-electron chi connectivity index (χ0n) is 12.6. The molecule has 0 bridgehead atoms. The van der Waals surface area contributed by atoms with Crippen LogP contribution in [0.5, 0.6) is 11.5 Å². The Hall–Kier alpha value is -2.02. The fourth-order valence-electron chi connectivity index (χ4n) is 2.79. The van der Waals surface area contributed by atoms with Crippen LogP contribution in [0.1, 0.15) is 36.2 Å². The Labute approximate surface area is 141 Å². The van der Waals surface area contributed by atoms with E-state index in [1.54, 1.807) is 7.11 Å². The predicted molar refractivity (Wildman–Crippen MR) is 88.1 cm³/mol. The maximum atomic E-state index is 11.1. The van der Waals surface area contributed by atoms with Crippen LogP contribution in [0, 0.1) is 0 Å². The molecule has 1 saturated carbocycles. The molecule has 122 valence electrons. The number of carbonyl (C=O) groups is 1. The number of halogens is 1. The summed E-state index contributed by atoms with van der Waals surface area (Å²) in [6.45, 7) is 0. The van der Waals surface area contributed by atoms with Crippen LogP contribution < -0.4 is 9.47 Å². The fourth-order valence-corrected chi connectivity index (χ4v) is 3.30. The third-order valence-electron chi connectivity index (χ3n) is 3.94. The molecule has 0 amide bonds. The number of H-pyrrole nitrogens is 1. The summed E-state index contributed by atoms with van der Waals surface area (Å²) < 4.78 is 12.4. The van der Waals surface area contributed by atoms with E-state index < -0.39 is 5.97 Å². The van der Waals surface area contributed by atoms with Crippen molar-refractivity contribution in [3.63, 3.8) is 0 Å². The smallest absolute Gasteiger partial charge is 0.353 e. The summed E-state index contributed by atoms with van der Waals surface area (Å²) in [6.07, 6.45) is 4.48. The number of hydrogen-bond donors (Lipinski definition) is 2. The minimum absolute atomic E-state index is 0.0292. The van der Waals surface area contributed by atoms with E-state index in [-0.39, 0.29) is 11.8 Å². The van der Waals surface area contributed by atoms with Gasteiger partial charge in [-0.25, -0.2) is 4.79 Å². The van der Waals surface area contributed by atoms with Gasteiger partial charge in [-0.05, 0) is 59.8 Å². The zero-order valence-corrected chi connectivity index (χ0v) is 14.2. The number of nitrogens with one attached hydrogen (secondary N) is 1. The molecule has 1 heterocycles. The minimum Gasteiger partial charge on any atom is -0.493 e. The molecule has 7 heteroatoms. The van der Waals surface area contributed by atoms with Crippen LogP contribution in [0.2, 0.25) is 0 Å². The molecule has 0 spiro atoms. The molecule has 0 atom stereocenters. The molecule has 1 aromatic heterocycles. The van der Waals surface area contributed by atoms with Gasteiger partial charge in [-0.3, -0.25) is 5.10 Å². The summed E-state index contributed by atoms with van der Waals surface area (Å²) in [5.41, 5.74) is 1.22. The van der Waals surface area contributed by atoms with Gasteiger partial charge in [0.15, 0.2) is 11.5 Å². The van der Waals surface area contributed by atoms with Crippen LogP contribution in [0.3, 0.4) is 0 Å². The minimum atomic E-state index is -1.05. The summed E-state index contributed by atoms with van der Waals surface area (Å²) in [6, 6.07) is 5.15. The van der Waals surface area contributed by atoms with Crippen molar-refractivity contribution in [3.05, 3.63) is 28.4 Å². The Morgan fingerprint density at radius 2 is 2.13 bits per heavy atom. The summed E-state index contributed by atoms with van der Waals surface area (Å²) in [5.74, 6) is 0.146. The standard InChI is InChI=1S/C16H17BrN2O4/c1-22-13-7-6-10(17)14(11-8-12(16(20)21)19-18-11)15(13)23-9-4-2-3-5-9/h6-9H,2-5H2,1H3,(H,18,19)(H,20,21). The van der Waals surface area contributed by atoms with Crippen molar-refractivity contribution in [1.82, 2.24) is 10.2 Å². The number of aromatic amines is 1. The van der Waals surface area contributed by atoms with Gasteiger partial charge in [0.25, 0.3) is 0 Å². The number of benzene rings is 1. The molecule has 1 fully saturated rings. The van der Waals surface area contributed by atoms with E-state index in [4.69, 9.17) is 14.6 Å². The van der Waals surface area contributed by atoms with Gasteiger partial charge in [0.2, 0.25) is 0 Å². The van der Waals surface area contributed by atoms with Crippen molar-refractivity contribution < 1.29 is 19.4 Å². The van der Waals surface area contributed by atoms with Crippen molar-refractivity contribution in [1.29, 1.82) is 0 Å². The number of carboxylic acids is 1. The second kappa shape index (κ2) is 6.62. The normalized spacial score (nSPS) is 14.9. The van der Waals surface area contributed by atoms with Crippen LogP contribution in [0.15, 0.2) is 22.7 Å². The van der Waals surface area contributed by atoms with Gasteiger partial charge in [-0.1, -0.05) is 0 Å². The quantitative estimate of drug-likeness (QED) is 0.822. The first-order valence-corrected chi connectivity index (χ1v) is 8.21. The SMILES string of the molecule is COc1ccc(Br)c(-c2cc(C(=O)O)[nH]n2)c1OC1CCCC1. The monoisotopic (exact) mass is 380 g/mol. The van der Waals surface area contributed by atoms with Crippen LogP contribution in [0.25, 0.3) is 11.3 Å². The third kappa shape index (κ3) is 3.19. The van der Waals surface area contributed by atoms with Crippen molar-refractivity contribution in [3.8, 4) is 22.8 Å². The van der Waals surface area contributed by atoms with Crippen molar-refractivity contribution in [2.45, 2.75) is 31.8 Å².